The molecule has 17 heavy (non-hydrogen) atoms. The van der Waals surface area contributed by atoms with Crippen LogP contribution >= 0.6 is 0 Å². The van der Waals surface area contributed by atoms with Crippen molar-refractivity contribution in [3.8, 4) is 0 Å². The van der Waals surface area contributed by atoms with Crippen molar-refractivity contribution in [2.45, 2.75) is 31.8 Å². The van der Waals surface area contributed by atoms with Gasteiger partial charge in [0, 0.05) is 52.0 Å². The highest BCUT2D eigenvalue weighted by atomic mass is 16.5. The Morgan fingerprint density at radius 3 is 2.88 bits per heavy atom. The molecule has 0 radical (unpaired) electrons. The van der Waals surface area contributed by atoms with E-state index in [1.165, 1.54) is 32.5 Å². The Bertz CT molecular complexity index is 225. The molecule has 2 aliphatic heterocycles. The summed E-state index contributed by atoms with van der Waals surface area (Å²) in [6.07, 6.45) is 2.64. The highest BCUT2D eigenvalue weighted by Gasteiger charge is 2.36. The van der Waals surface area contributed by atoms with Gasteiger partial charge in [-0.3, -0.25) is 9.80 Å². The van der Waals surface area contributed by atoms with Gasteiger partial charge in [0.15, 0.2) is 0 Å². The minimum Gasteiger partial charge on any atom is -0.383 e. The van der Waals surface area contributed by atoms with Crippen molar-refractivity contribution >= 4 is 0 Å². The summed E-state index contributed by atoms with van der Waals surface area (Å²) in [5.41, 5.74) is 0. The maximum atomic E-state index is 5.58. The normalized spacial score (nSPS) is 30.7. The van der Waals surface area contributed by atoms with Crippen LogP contribution in [0, 0.1) is 0 Å². The molecule has 0 N–H and O–H groups in total. The van der Waals surface area contributed by atoms with Crippen LogP contribution < -0.4 is 0 Å². The molecule has 0 aromatic rings. The Hall–Kier alpha value is -0.160. The predicted octanol–water partition coefficient (Wildman–Crippen LogP) is 0.818. The van der Waals surface area contributed by atoms with Gasteiger partial charge in [-0.25, -0.2) is 0 Å². The molecule has 4 nitrogen and oxygen atoms in total. The number of hydrogen-bond donors (Lipinski definition) is 0. The third kappa shape index (κ3) is 3.41. The zero-order valence-corrected chi connectivity index (χ0v) is 11.2. The maximum absolute atomic E-state index is 5.58. The van der Waals surface area contributed by atoms with E-state index in [0.29, 0.717) is 6.04 Å². The first-order valence-corrected chi connectivity index (χ1v) is 6.90. The third-order valence-electron chi connectivity index (χ3n) is 4.04. The summed E-state index contributed by atoms with van der Waals surface area (Å²) in [5.74, 6) is 0. The number of nitrogens with zero attached hydrogens (tertiary/aromatic N) is 2. The van der Waals surface area contributed by atoms with Crippen molar-refractivity contribution in [2.75, 3.05) is 53.1 Å². The smallest absolute Gasteiger partial charge is 0.0621 e. The van der Waals surface area contributed by atoms with Crippen LogP contribution in [0.2, 0.25) is 0 Å². The number of piperazine rings is 1. The lowest BCUT2D eigenvalue weighted by molar-refractivity contribution is 0.0269. The molecule has 2 unspecified atom stereocenters. The molecule has 100 valence electrons. The first kappa shape index (κ1) is 13.3. The van der Waals surface area contributed by atoms with Crippen molar-refractivity contribution in [1.29, 1.82) is 0 Å². The van der Waals surface area contributed by atoms with Crippen LogP contribution in [-0.4, -0.2) is 75.0 Å². The lowest BCUT2D eigenvalue weighted by Crippen LogP contribution is -2.53. The van der Waals surface area contributed by atoms with E-state index in [2.05, 4.69) is 16.7 Å². The molecule has 2 saturated heterocycles. The molecule has 0 aromatic carbocycles. The first-order chi connectivity index (χ1) is 8.35. The van der Waals surface area contributed by atoms with Gasteiger partial charge in [0.25, 0.3) is 0 Å². The molecule has 4 heteroatoms. The van der Waals surface area contributed by atoms with Crippen molar-refractivity contribution < 1.29 is 9.47 Å². The van der Waals surface area contributed by atoms with E-state index in [1.807, 2.05) is 0 Å². The molecule has 2 atom stereocenters. The second-order valence-corrected chi connectivity index (χ2v) is 5.08. The minimum atomic E-state index is 0.671. The highest BCUT2D eigenvalue weighted by Crippen LogP contribution is 2.27. The highest BCUT2D eigenvalue weighted by molar-refractivity contribution is 4.92. The largest absolute Gasteiger partial charge is 0.383 e. The van der Waals surface area contributed by atoms with Crippen LogP contribution in [0.4, 0.5) is 0 Å². The lowest BCUT2D eigenvalue weighted by Gasteiger charge is -2.39. The van der Waals surface area contributed by atoms with Gasteiger partial charge in [-0.1, -0.05) is 0 Å². The van der Waals surface area contributed by atoms with E-state index in [0.717, 1.165) is 32.4 Å². The quantitative estimate of drug-likeness (QED) is 0.688. The van der Waals surface area contributed by atoms with Crippen LogP contribution in [-0.2, 0) is 9.47 Å². The zero-order chi connectivity index (χ0) is 12.1. The molecule has 2 rings (SSSR count). The minimum absolute atomic E-state index is 0.671. The first-order valence-electron chi connectivity index (χ1n) is 6.90. The van der Waals surface area contributed by atoms with Crippen LogP contribution in [0.5, 0.6) is 0 Å². The van der Waals surface area contributed by atoms with E-state index in [4.69, 9.17) is 9.47 Å². The van der Waals surface area contributed by atoms with Crippen LogP contribution in [0.1, 0.15) is 19.8 Å². The molecular formula is C13H26N2O2. The zero-order valence-electron chi connectivity index (χ0n) is 11.2. The van der Waals surface area contributed by atoms with Gasteiger partial charge in [-0.05, 0) is 19.8 Å². The number of hydrogen-bond acceptors (Lipinski definition) is 4. The van der Waals surface area contributed by atoms with E-state index in [-0.39, 0.29) is 0 Å². The third-order valence-corrected chi connectivity index (χ3v) is 4.04. The van der Waals surface area contributed by atoms with Gasteiger partial charge in [0.1, 0.15) is 0 Å². The van der Waals surface area contributed by atoms with Crippen LogP contribution in [0.15, 0.2) is 0 Å². The van der Waals surface area contributed by atoms with Crippen molar-refractivity contribution in [1.82, 2.24) is 9.80 Å². The molecule has 0 aromatic heterocycles. The van der Waals surface area contributed by atoms with Gasteiger partial charge in [-0.2, -0.15) is 0 Å². The Labute approximate surface area is 105 Å². The van der Waals surface area contributed by atoms with Crippen LogP contribution in [0.3, 0.4) is 0 Å². The maximum Gasteiger partial charge on any atom is 0.0621 e. The second-order valence-electron chi connectivity index (χ2n) is 5.08. The molecule has 2 fully saturated rings. The van der Waals surface area contributed by atoms with Crippen molar-refractivity contribution in [2.24, 2.45) is 0 Å². The van der Waals surface area contributed by atoms with E-state index < -0.39 is 0 Å². The van der Waals surface area contributed by atoms with Gasteiger partial charge < -0.3 is 9.47 Å². The molecule has 0 bridgehead atoms. The summed E-state index contributed by atoms with van der Waals surface area (Å²) in [7, 11) is 1.78. The summed E-state index contributed by atoms with van der Waals surface area (Å²) in [6.45, 7) is 9.38. The molecule has 0 saturated carbocycles. The Balaban J connectivity index is 1.76. The van der Waals surface area contributed by atoms with E-state index in [9.17, 15) is 0 Å². The number of ether oxygens (including phenoxy) is 2. The van der Waals surface area contributed by atoms with Gasteiger partial charge in [0.05, 0.1) is 13.2 Å². The monoisotopic (exact) mass is 242 g/mol. The molecule has 0 aliphatic carbocycles. The average Bonchev–Trinajstić information content (AvgIpc) is 2.76. The topological polar surface area (TPSA) is 24.9 Å². The van der Waals surface area contributed by atoms with Gasteiger partial charge in [0.2, 0.25) is 0 Å². The summed E-state index contributed by atoms with van der Waals surface area (Å²) in [5, 5.41) is 0. The summed E-state index contributed by atoms with van der Waals surface area (Å²) < 4.78 is 10.7. The van der Waals surface area contributed by atoms with Crippen molar-refractivity contribution in [3.05, 3.63) is 0 Å². The fourth-order valence-electron chi connectivity index (χ4n) is 3.08. The standard InChI is InChI=1S/C13H26N2O2/c1-3-17-11-13-5-4-12-10-14(8-9-16-2)6-7-15(12)13/h12-13H,3-11H2,1-2H3. The van der Waals surface area contributed by atoms with Gasteiger partial charge in [-0.15, -0.1) is 0 Å². The number of rotatable bonds is 6. The summed E-state index contributed by atoms with van der Waals surface area (Å²) >= 11 is 0. The fraction of sp³-hybridized carbons (Fsp3) is 1.00. The molecule has 0 amide bonds. The molecular weight excluding hydrogens is 216 g/mol. The molecule has 2 heterocycles. The lowest BCUT2D eigenvalue weighted by atomic mass is 10.1. The van der Waals surface area contributed by atoms with E-state index >= 15 is 0 Å². The van der Waals surface area contributed by atoms with Gasteiger partial charge >= 0.3 is 0 Å². The fourth-order valence-corrected chi connectivity index (χ4v) is 3.08. The van der Waals surface area contributed by atoms with Crippen LogP contribution in [0.25, 0.3) is 0 Å². The molecule has 0 spiro atoms. The Morgan fingerprint density at radius 2 is 2.12 bits per heavy atom. The summed E-state index contributed by atoms with van der Waals surface area (Å²) in [4.78, 5) is 5.20. The Kier molecular flexibility index (Phi) is 5.22. The Morgan fingerprint density at radius 1 is 1.24 bits per heavy atom. The number of fused-ring (bicyclic) bond motifs is 1. The molecule has 2 aliphatic rings. The second kappa shape index (κ2) is 6.69. The van der Waals surface area contributed by atoms with Crippen molar-refractivity contribution in [3.63, 3.8) is 0 Å². The SMILES string of the molecule is CCOCC1CCC2CN(CCOC)CCN12. The predicted molar refractivity (Wildman–Crippen MR) is 68.3 cm³/mol. The average molecular weight is 242 g/mol. The number of methoxy groups -OCH3 is 1. The van der Waals surface area contributed by atoms with E-state index in [1.54, 1.807) is 7.11 Å². The summed E-state index contributed by atoms with van der Waals surface area (Å²) in [6, 6.07) is 1.43.